The predicted molar refractivity (Wildman–Crippen MR) is 59.1 cm³/mol. The minimum Gasteiger partial charge on any atom is -0.505 e. The fourth-order valence-electron chi connectivity index (χ4n) is 1.53. The summed E-state index contributed by atoms with van der Waals surface area (Å²) < 4.78 is 13.2. The van der Waals surface area contributed by atoms with Gasteiger partial charge in [0.2, 0.25) is 0 Å². The van der Waals surface area contributed by atoms with Crippen LogP contribution in [-0.2, 0) is 0 Å². The van der Waals surface area contributed by atoms with Crippen LogP contribution in [0.3, 0.4) is 0 Å². The Morgan fingerprint density at radius 2 is 2.31 bits per heavy atom. The molecule has 0 bridgehead atoms. The topological polar surface area (TPSA) is 70.0 Å². The molecule has 0 aromatic heterocycles. The minimum atomic E-state index is -0.772. The molecular weight excluding hydrogens is 207 g/mol. The lowest BCUT2D eigenvalue weighted by Gasteiger charge is -2.15. The van der Waals surface area contributed by atoms with Gasteiger partial charge in [-0.2, -0.15) is 5.26 Å². The number of hydrogen-bond donors (Lipinski definition) is 2. The zero-order chi connectivity index (χ0) is 12.3. The molecule has 0 unspecified atom stereocenters. The maximum Gasteiger partial charge on any atom is 0.165 e. The highest BCUT2D eigenvalue weighted by molar-refractivity contribution is 5.48. The molecule has 0 saturated carbocycles. The van der Waals surface area contributed by atoms with Gasteiger partial charge in [0.1, 0.15) is 0 Å². The molecular formula is C12H13FN2O. The summed E-state index contributed by atoms with van der Waals surface area (Å²) in [4.78, 5) is 0. The van der Waals surface area contributed by atoms with Crippen LogP contribution >= 0.6 is 0 Å². The van der Waals surface area contributed by atoms with Crippen LogP contribution in [0.25, 0.3) is 0 Å². The summed E-state index contributed by atoms with van der Waals surface area (Å²) in [5, 5.41) is 18.4. The molecule has 1 aromatic rings. The molecule has 0 aliphatic rings. The number of aromatic hydroxyl groups is 1. The van der Waals surface area contributed by atoms with E-state index in [2.05, 4.69) is 6.58 Å². The van der Waals surface area contributed by atoms with Crippen LogP contribution in [-0.4, -0.2) is 5.11 Å². The standard InChI is InChI=1S/C12H13FN2O/c1-7(2)5-10(15)11-8(6-14)3-4-9(13)12(11)16/h3-4,10,16H,1,5,15H2,2H3/t10-/m1/s1. The van der Waals surface area contributed by atoms with Crippen molar-refractivity contribution in [2.24, 2.45) is 5.73 Å². The fraction of sp³-hybridized carbons (Fsp3) is 0.250. The Balaban J connectivity index is 3.25. The normalized spacial score (nSPS) is 11.9. The van der Waals surface area contributed by atoms with Gasteiger partial charge < -0.3 is 10.8 Å². The van der Waals surface area contributed by atoms with Crippen LogP contribution in [0.1, 0.15) is 30.5 Å². The van der Waals surface area contributed by atoms with Gasteiger partial charge in [0.05, 0.1) is 11.6 Å². The summed E-state index contributed by atoms with van der Waals surface area (Å²) >= 11 is 0. The molecule has 0 heterocycles. The van der Waals surface area contributed by atoms with Crippen molar-refractivity contribution >= 4 is 0 Å². The van der Waals surface area contributed by atoms with E-state index in [1.807, 2.05) is 6.07 Å². The van der Waals surface area contributed by atoms with Crippen LogP contribution in [0.5, 0.6) is 5.75 Å². The number of nitriles is 1. The number of phenols is 1. The van der Waals surface area contributed by atoms with E-state index in [1.165, 1.54) is 6.07 Å². The lowest BCUT2D eigenvalue weighted by Crippen LogP contribution is -2.13. The second-order valence-corrected chi connectivity index (χ2v) is 3.74. The Morgan fingerprint density at radius 1 is 1.69 bits per heavy atom. The summed E-state index contributed by atoms with van der Waals surface area (Å²) in [6.45, 7) is 5.47. The number of hydrogen-bond acceptors (Lipinski definition) is 3. The zero-order valence-electron chi connectivity index (χ0n) is 9.00. The lowest BCUT2D eigenvalue weighted by molar-refractivity contribution is 0.420. The van der Waals surface area contributed by atoms with Crippen LogP contribution in [0.2, 0.25) is 0 Å². The van der Waals surface area contributed by atoms with Crippen LogP contribution < -0.4 is 5.73 Å². The largest absolute Gasteiger partial charge is 0.505 e. The molecule has 1 rings (SSSR count). The average molecular weight is 220 g/mol. The van der Waals surface area contributed by atoms with Crippen LogP contribution in [0, 0.1) is 17.1 Å². The molecule has 3 nitrogen and oxygen atoms in total. The first kappa shape index (κ1) is 12.2. The number of halogens is 1. The number of benzene rings is 1. The third-order valence-corrected chi connectivity index (χ3v) is 2.23. The van der Waals surface area contributed by atoms with Crippen molar-refractivity contribution in [3.63, 3.8) is 0 Å². The van der Waals surface area contributed by atoms with E-state index < -0.39 is 17.6 Å². The van der Waals surface area contributed by atoms with Gasteiger partial charge in [-0.3, -0.25) is 0 Å². The van der Waals surface area contributed by atoms with Gasteiger partial charge in [0.25, 0.3) is 0 Å². The summed E-state index contributed by atoms with van der Waals surface area (Å²) in [5.41, 5.74) is 6.94. The molecule has 0 spiro atoms. The average Bonchev–Trinajstić information content (AvgIpc) is 2.20. The van der Waals surface area contributed by atoms with Gasteiger partial charge in [0, 0.05) is 11.6 Å². The van der Waals surface area contributed by atoms with Crippen LogP contribution in [0.15, 0.2) is 24.3 Å². The number of nitrogens with two attached hydrogens (primary N) is 1. The molecule has 1 atom stereocenters. The van der Waals surface area contributed by atoms with Crippen molar-refractivity contribution in [1.29, 1.82) is 5.26 Å². The van der Waals surface area contributed by atoms with E-state index in [-0.39, 0.29) is 11.1 Å². The molecule has 1 aromatic carbocycles. The maximum absolute atomic E-state index is 13.2. The molecule has 0 aliphatic heterocycles. The molecule has 0 fully saturated rings. The van der Waals surface area contributed by atoms with Crippen molar-refractivity contribution in [3.8, 4) is 11.8 Å². The third-order valence-electron chi connectivity index (χ3n) is 2.23. The van der Waals surface area contributed by atoms with Gasteiger partial charge in [-0.1, -0.05) is 5.57 Å². The number of nitrogens with zero attached hydrogens (tertiary/aromatic N) is 1. The van der Waals surface area contributed by atoms with Crippen LogP contribution in [0.4, 0.5) is 4.39 Å². The first-order valence-electron chi connectivity index (χ1n) is 4.78. The van der Waals surface area contributed by atoms with Gasteiger partial charge in [-0.15, -0.1) is 6.58 Å². The number of rotatable bonds is 3. The van der Waals surface area contributed by atoms with E-state index in [0.717, 1.165) is 11.6 Å². The second kappa shape index (κ2) is 4.77. The number of phenolic OH excluding ortho intramolecular Hbond substituents is 1. The van der Waals surface area contributed by atoms with Crippen molar-refractivity contribution < 1.29 is 9.50 Å². The summed E-state index contributed by atoms with van der Waals surface area (Å²) in [5.74, 6) is -1.32. The molecule has 0 saturated heterocycles. The minimum absolute atomic E-state index is 0.144. The van der Waals surface area contributed by atoms with Gasteiger partial charge in [-0.05, 0) is 25.5 Å². The van der Waals surface area contributed by atoms with E-state index >= 15 is 0 Å². The zero-order valence-corrected chi connectivity index (χ0v) is 9.00. The maximum atomic E-state index is 13.2. The van der Waals surface area contributed by atoms with Crippen molar-refractivity contribution in [2.45, 2.75) is 19.4 Å². The van der Waals surface area contributed by atoms with Crippen molar-refractivity contribution in [3.05, 3.63) is 41.2 Å². The van der Waals surface area contributed by atoms with Crippen molar-refractivity contribution in [1.82, 2.24) is 0 Å². The summed E-state index contributed by atoms with van der Waals surface area (Å²) in [6, 6.07) is 3.61. The lowest BCUT2D eigenvalue weighted by atomic mass is 9.95. The van der Waals surface area contributed by atoms with E-state index in [9.17, 15) is 9.50 Å². The van der Waals surface area contributed by atoms with E-state index in [1.54, 1.807) is 6.92 Å². The van der Waals surface area contributed by atoms with Gasteiger partial charge in [0.15, 0.2) is 11.6 Å². The van der Waals surface area contributed by atoms with E-state index in [4.69, 9.17) is 11.0 Å². The monoisotopic (exact) mass is 220 g/mol. The fourth-order valence-corrected chi connectivity index (χ4v) is 1.53. The van der Waals surface area contributed by atoms with Gasteiger partial charge in [-0.25, -0.2) is 4.39 Å². The summed E-state index contributed by atoms with van der Waals surface area (Å²) in [7, 11) is 0. The second-order valence-electron chi connectivity index (χ2n) is 3.74. The molecule has 3 N–H and O–H groups in total. The highest BCUT2D eigenvalue weighted by atomic mass is 19.1. The Labute approximate surface area is 93.6 Å². The van der Waals surface area contributed by atoms with E-state index in [0.29, 0.717) is 6.42 Å². The smallest absolute Gasteiger partial charge is 0.165 e. The third kappa shape index (κ3) is 2.38. The highest BCUT2D eigenvalue weighted by Gasteiger charge is 2.18. The highest BCUT2D eigenvalue weighted by Crippen LogP contribution is 2.31. The Kier molecular flexibility index (Phi) is 3.64. The molecule has 0 amide bonds. The van der Waals surface area contributed by atoms with Crippen molar-refractivity contribution in [2.75, 3.05) is 0 Å². The Bertz CT molecular complexity index is 463. The first-order valence-corrected chi connectivity index (χ1v) is 4.78. The molecule has 4 heteroatoms. The SMILES string of the molecule is C=C(C)C[C@@H](N)c1c(C#N)ccc(F)c1O. The Morgan fingerprint density at radius 3 is 2.81 bits per heavy atom. The Hall–Kier alpha value is -1.86. The molecule has 0 aliphatic carbocycles. The summed E-state index contributed by atoms with van der Waals surface area (Å²) in [6.07, 6.45) is 0.395. The molecule has 16 heavy (non-hydrogen) atoms. The molecule has 84 valence electrons. The quantitative estimate of drug-likeness (QED) is 0.768. The first-order chi connectivity index (χ1) is 7.47. The predicted octanol–water partition coefficient (Wildman–Crippen LogP) is 2.37. The molecule has 0 radical (unpaired) electrons. The van der Waals surface area contributed by atoms with Gasteiger partial charge >= 0.3 is 0 Å².